The van der Waals surface area contributed by atoms with Crippen LogP contribution in [0.4, 0.5) is 0 Å². The summed E-state index contributed by atoms with van der Waals surface area (Å²) < 4.78 is 11.5. The Bertz CT molecular complexity index is 973. The summed E-state index contributed by atoms with van der Waals surface area (Å²) in [6, 6.07) is 20.4. The van der Waals surface area contributed by atoms with Gasteiger partial charge in [0.1, 0.15) is 17.2 Å². The van der Waals surface area contributed by atoms with Gasteiger partial charge in [0.05, 0.1) is 6.61 Å². The van der Waals surface area contributed by atoms with E-state index in [9.17, 15) is 4.79 Å². The SMILES string of the molecule is O=C(NCc1c(Cl)cccc1Oc1ccccc1)c1ccc2c(c1)OCC2. The van der Waals surface area contributed by atoms with Gasteiger partial charge in [-0.15, -0.1) is 0 Å². The molecule has 0 bridgehead atoms. The second kappa shape index (κ2) is 7.72. The number of carbonyl (C=O) groups excluding carboxylic acids is 1. The number of rotatable bonds is 5. The van der Waals surface area contributed by atoms with Crippen LogP contribution in [0.15, 0.2) is 66.7 Å². The summed E-state index contributed by atoms with van der Waals surface area (Å²) in [7, 11) is 0. The zero-order valence-electron chi connectivity index (χ0n) is 14.6. The molecule has 1 amide bonds. The highest BCUT2D eigenvalue weighted by molar-refractivity contribution is 6.31. The van der Waals surface area contributed by atoms with Gasteiger partial charge < -0.3 is 14.8 Å². The van der Waals surface area contributed by atoms with Gasteiger partial charge in [0.15, 0.2) is 0 Å². The van der Waals surface area contributed by atoms with E-state index in [0.717, 1.165) is 23.3 Å². The summed E-state index contributed by atoms with van der Waals surface area (Å²) in [5, 5.41) is 3.46. The van der Waals surface area contributed by atoms with E-state index in [1.165, 1.54) is 0 Å². The van der Waals surface area contributed by atoms with Crippen LogP contribution in [0.25, 0.3) is 0 Å². The maximum atomic E-state index is 12.5. The monoisotopic (exact) mass is 379 g/mol. The maximum absolute atomic E-state index is 12.5. The van der Waals surface area contributed by atoms with Crippen molar-refractivity contribution in [1.29, 1.82) is 0 Å². The molecule has 0 radical (unpaired) electrons. The summed E-state index contributed by atoms with van der Waals surface area (Å²) >= 11 is 6.35. The van der Waals surface area contributed by atoms with Gasteiger partial charge in [-0.3, -0.25) is 4.79 Å². The summed E-state index contributed by atoms with van der Waals surface area (Å²) in [4.78, 5) is 12.5. The first-order chi connectivity index (χ1) is 13.2. The van der Waals surface area contributed by atoms with Gasteiger partial charge in [0.25, 0.3) is 5.91 Å². The normalized spacial score (nSPS) is 12.2. The van der Waals surface area contributed by atoms with Crippen LogP contribution in [-0.2, 0) is 13.0 Å². The van der Waals surface area contributed by atoms with Crippen LogP contribution >= 0.6 is 11.6 Å². The van der Waals surface area contributed by atoms with E-state index in [4.69, 9.17) is 21.1 Å². The molecular formula is C22H18ClNO3. The number of hydrogen-bond acceptors (Lipinski definition) is 3. The van der Waals surface area contributed by atoms with E-state index in [0.29, 0.717) is 28.7 Å². The third-order valence-corrected chi connectivity index (χ3v) is 4.79. The third-order valence-electron chi connectivity index (χ3n) is 4.43. The maximum Gasteiger partial charge on any atom is 0.251 e. The van der Waals surface area contributed by atoms with Crippen molar-refractivity contribution in [2.45, 2.75) is 13.0 Å². The summed E-state index contributed by atoms with van der Waals surface area (Å²) in [5.41, 5.74) is 2.43. The molecule has 136 valence electrons. The Hall–Kier alpha value is -2.98. The Morgan fingerprint density at radius 3 is 2.78 bits per heavy atom. The number of ether oxygens (including phenoxy) is 2. The van der Waals surface area contributed by atoms with Gasteiger partial charge in [-0.25, -0.2) is 0 Å². The lowest BCUT2D eigenvalue weighted by Crippen LogP contribution is -2.23. The zero-order valence-corrected chi connectivity index (χ0v) is 15.3. The topological polar surface area (TPSA) is 47.6 Å². The molecule has 27 heavy (non-hydrogen) atoms. The molecule has 0 aromatic heterocycles. The molecule has 0 fully saturated rings. The molecule has 5 heteroatoms. The molecule has 0 spiro atoms. The van der Waals surface area contributed by atoms with E-state index in [1.54, 1.807) is 12.1 Å². The molecule has 3 aromatic carbocycles. The van der Waals surface area contributed by atoms with E-state index in [-0.39, 0.29) is 12.5 Å². The molecule has 1 heterocycles. The van der Waals surface area contributed by atoms with Crippen LogP contribution < -0.4 is 14.8 Å². The van der Waals surface area contributed by atoms with Crippen LogP contribution in [0.3, 0.4) is 0 Å². The second-order valence-electron chi connectivity index (χ2n) is 6.24. The first-order valence-electron chi connectivity index (χ1n) is 8.75. The van der Waals surface area contributed by atoms with Crippen molar-refractivity contribution in [3.63, 3.8) is 0 Å². The lowest BCUT2D eigenvalue weighted by Gasteiger charge is -2.14. The van der Waals surface area contributed by atoms with E-state index in [1.807, 2.05) is 54.6 Å². The van der Waals surface area contributed by atoms with Gasteiger partial charge in [-0.2, -0.15) is 0 Å². The number of nitrogens with one attached hydrogen (secondary N) is 1. The van der Waals surface area contributed by atoms with Crippen LogP contribution in [-0.4, -0.2) is 12.5 Å². The highest BCUT2D eigenvalue weighted by Gasteiger charge is 2.16. The summed E-state index contributed by atoms with van der Waals surface area (Å²) in [6.45, 7) is 0.929. The first-order valence-corrected chi connectivity index (χ1v) is 9.13. The average Bonchev–Trinajstić information content (AvgIpc) is 3.16. The molecule has 1 N–H and O–H groups in total. The van der Waals surface area contributed by atoms with Gasteiger partial charge in [-0.1, -0.05) is 41.9 Å². The minimum atomic E-state index is -0.182. The highest BCUT2D eigenvalue weighted by Crippen LogP contribution is 2.31. The molecule has 0 aliphatic carbocycles. The van der Waals surface area contributed by atoms with Gasteiger partial charge in [0, 0.05) is 29.1 Å². The van der Waals surface area contributed by atoms with Crippen molar-refractivity contribution in [3.05, 3.63) is 88.4 Å². The molecular weight excluding hydrogens is 362 g/mol. The zero-order chi connectivity index (χ0) is 18.6. The minimum absolute atomic E-state index is 0.182. The Balaban J connectivity index is 1.50. The molecule has 1 aliphatic rings. The molecule has 4 nitrogen and oxygen atoms in total. The first kappa shape index (κ1) is 17.4. The lowest BCUT2D eigenvalue weighted by atomic mass is 10.1. The number of benzene rings is 3. The van der Waals surface area contributed by atoms with E-state index in [2.05, 4.69) is 5.32 Å². The largest absolute Gasteiger partial charge is 0.493 e. The van der Waals surface area contributed by atoms with Crippen molar-refractivity contribution in [3.8, 4) is 17.2 Å². The van der Waals surface area contributed by atoms with Gasteiger partial charge >= 0.3 is 0 Å². The van der Waals surface area contributed by atoms with Crippen molar-refractivity contribution >= 4 is 17.5 Å². The molecule has 3 aromatic rings. The molecule has 1 aliphatic heterocycles. The predicted octanol–water partition coefficient (Wildman–Crippen LogP) is 5.00. The summed E-state index contributed by atoms with van der Waals surface area (Å²) in [5.74, 6) is 1.93. The van der Waals surface area contributed by atoms with Crippen molar-refractivity contribution in [2.75, 3.05) is 6.61 Å². The Morgan fingerprint density at radius 2 is 1.93 bits per heavy atom. The van der Waals surface area contributed by atoms with Crippen LogP contribution in [0.5, 0.6) is 17.2 Å². The number of para-hydroxylation sites is 1. The average molecular weight is 380 g/mol. The molecule has 0 unspecified atom stereocenters. The predicted molar refractivity (Wildman–Crippen MR) is 105 cm³/mol. The number of amides is 1. The van der Waals surface area contributed by atoms with Crippen LogP contribution in [0.1, 0.15) is 21.5 Å². The fourth-order valence-electron chi connectivity index (χ4n) is 3.00. The van der Waals surface area contributed by atoms with Crippen LogP contribution in [0.2, 0.25) is 5.02 Å². The number of carbonyl (C=O) groups is 1. The fourth-order valence-corrected chi connectivity index (χ4v) is 3.23. The Morgan fingerprint density at radius 1 is 1.07 bits per heavy atom. The highest BCUT2D eigenvalue weighted by atomic mass is 35.5. The lowest BCUT2D eigenvalue weighted by molar-refractivity contribution is 0.0950. The van der Waals surface area contributed by atoms with Crippen molar-refractivity contribution in [1.82, 2.24) is 5.32 Å². The van der Waals surface area contributed by atoms with Crippen LogP contribution in [0, 0.1) is 0 Å². The minimum Gasteiger partial charge on any atom is -0.493 e. The smallest absolute Gasteiger partial charge is 0.251 e. The number of fused-ring (bicyclic) bond motifs is 1. The number of hydrogen-bond donors (Lipinski definition) is 1. The quantitative estimate of drug-likeness (QED) is 0.678. The standard InChI is InChI=1S/C22H18ClNO3/c23-19-7-4-8-20(27-17-5-2-1-3-6-17)18(19)14-24-22(25)16-10-9-15-11-12-26-21(15)13-16/h1-10,13H,11-12,14H2,(H,24,25). The Kier molecular flexibility index (Phi) is 4.99. The van der Waals surface area contributed by atoms with Gasteiger partial charge in [-0.05, 0) is 42.0 Å². The number of halogens is 1. The second-order valence-corrected chi connectivity index (χ2v) is 6.64. The molecule has 0 atom stereocenters. The van der Waals surface area contributed by atoms with Crippen molar-refractivity contribution < 1.29 is 14.3 Å². The van der Waals surface area contributed by atoms with Gasteiger partial charge in [0.2, 0.25) is 0 Å². The third kappa shape index (κ3) is 3.91. The van der Waals surface area contributed by atoms with E-state index < -0.39 is 0 Å². The molecule has 0 saturated carbocycles. The summed E-state index contributed by atoms with van der Waals surface area (Å²) in [6.07, 6.45) is 0.886. The Labute approximate surface area is 162 Å². The molecule has 4 rings (SSSR count). The van der Waals surface area contributed by atoms with E-state index >= 15 is 0 Å². The van der Waals surface area contributed by atoms with Crippen molar-refractivity contribution in [2.24, 2.45) is 0 Å². The fraction of sp³-hybridized carbons (Fsp3) is 0.136. The molecule has 0 saturated heterocycles.